The quantitative estimate of drug-likeness (QED) is 0.592. The Morgan fingerprint density at radius 2 is 1.21 bits per heavy atom. The van der Waals surface area contributed by atoms with Crippen LogP contribution in [0.15, 0.2) is 66.7 Å². The van der Waals surface area contributed by atoms with E-state index < -0.39 is 0 Å². The Bertz CT molecular complexity index is 636. The van der Waals surface area contributed by atoms with Crippen LogP contribution in [0.3, 0.4) is 0 Å². The molecule has 3 aromatic rings. The molecule has 3 aromatic carbocycles. The van der Waals surface area contributed by atoms with Crippen LogP contribution < -0.4 is 11.5 Å². The fourth-order valence-electron chi connectivity index (χ4n) is 1.77. The molecular formula is C17H18N2. The molecule has 0 heterocycles. The van der Waals surface area contributed by atoms with Gasteiger partial charge in [-0.3, -0.25) is 0 Å². The maximum Gasteiger partial charge on any atom is 0.0320 e. The molecule has 0 aromatic heterocycles. The summed E-state index contributed by atoms with van der Waals surface area (Å²) in [7, 11) is 0. The summed E-state index contributed by atoms with van der Waals surface area (Å²) in [4.78, 5) is 0. The normalized spacial score (nSPS) is 9.74. The number of benzene rings is 3. The number of nitrogen functional groups attached to an aromatic ring is 2. The molecule has 0 fully saturated rings. The molecule has 0 amide bonds. The first-order valence-corrected chi connectivity index (χ1v) is 6.21. The van der Waals surface area contributed by atoms with Crippen LogP contribution in [0, 0.1) is 6.92 Å². The van der Waals surface area contributed by atoms with E-state index in [0.29, 0.717) is 0 Å². The van der Waals surface area contributed by atoms with Crippen LogP contribution in [-0.2, 0) is 0 Å². The monoisotopic (exact) mass is 250 g/mol. The summed E-state index contributed by atoms with van der Waals surface area (Å²) in [5, 5.41) is 2.44. The van der Waals surface area contributed by atoms with Gasteiger partial charge in [0.25, 0.3) is 0 Å². The molecule has 2 heteroatoms. The van der Waals surface area contributed by atoms with E-state index in [1.54, 1.807) is 0 Å². The maximum atomic E-state index is 5.62. The van der Waals surface area contributed by atoms with Crippen LogP contribution >= 0.6 is 0 Å². The van der Waals surface area contributed by atoms with E-state index in [-0.39, 0.29) is 0 Å². The SMILES string of the molecule is Cc1ccc(N)cc1.Nc1ccc2ccccc2c1. The summed E-state index contributed by atoms with van der Waals surface area (Å²) in [6.07, 6.45) is 0. The summed E-state index contributed by atoms with van der Waals surface area (Å²) >= 11 is 0. The van der Waals surface area contributed by atoms with E-state index in [2.05, 4.69) is 12.1 Å². The first kappa shape index (κ1) is 13.0. The van der Waals surface area contributed by atoms with E-state index >= 15 is 0 Å². The minimum absolute atomic E-state index is 0.823. The first-order chi connectivity index (χ1) is 9.15. The van der Waals surface area contributed by atoms with Crippen molar-refractivity contribution in [3.63, 3.8) is 0 Å². The van der Waals surface area contributed by atoms with Crippen molar-refractivity contribution in [1.82, 2.24) is 0 Å². The predicted octanol–water partition coefficient (Wildman–Crippen LogP) is 4.00. The fraction of sp³-hybridized carbons (Fsp3) is 0.0588. The van der Waals surface area contributed by atoms with Gasteiger partial charge in [0.2, 0.25) is 0 Å². The standard InChI is InChI=1S/C10H9N.C7H9N/c11-10-6-5-8-3-1-2-4-9(8)7-10;1-6-2-4-7(8)5-3-6/h1-7H,11H2;2-5H,8H2,1H3. The third kappa shape index (κ3) is 3.75. The average molecular weight is 250 g/mol. The van der Waals surface area contributed by atoms with Crippen molar-refractivity contribution in [2.75, 3.05) is 11.5 Å². The van der Waals surface area contributed by atoms with Crippen molar-refractivity contribution < 1.29 is 0 Å². The van der Waals surface area contributed by atoms with Gasteiger partial charge in [-0.15, -0.1) is 0 Å². The third-order valence-corrected chi connectivity index (χ3v) is 2.85. The van der Waals surface area contributed by atoms with Gasteiger partial charge in [-0.25, -0.2) is 0 Å². The highest BCUT2D eigenvalue weighted by Gasteiger charge is 1.89. The molecule has 19 heavy (non-hydrogen) atoms. The summed E-state index contributed by atoms with van der Waals surface area (Å²) in [5.41, 5.74) is 14.0. The Labute approximate surface area is 113 Å². The molecule has 2 nitrogen and oxygen atoms in total. The van der Waals surface area contributed by atoms with E-state index in [1.807, 2.05) is 61.5 Å². The highest BCUT2D eigenvalue weighted by atomic mass is 14.5. The van der Waals surface area contributed by atoms with Crippen molar-refractivity contribution in [3.8, 4) is 0 Å². The second-order valence-electron chi connectivity index (χ2n) is 4.52. The van der Waals surface area contributed by atoms with Gasteiger partial charge in [-0.05, 0) is 42.0 Å². The molecule has 3 rings (SSSR count). The zero-order valence-corrected chi connectivity index (χ0v) is 11.0. The molecule has 0 unspecified atom stereocenters. The number of fused-ring (bicyclic) bond motifs is 1. The Morgan fingerprint density at radius 3 is 1.84 bits per heavy atom. The summed E-state index contributed by atoms with van der Waals surface area (Å²) < 4.78 is 0. The number of hydrogen-bond acceptors (Lipinski definition) is 2. The molecule has 4 N–H and O–H groups in total. The van der Waals surface area contributed by atoms with Crippen LogP contribution in [0.2, 0.25) is 0 Å². The third-order valence-electron chi connectivity index (χ3n) is 2.85. The molecule has 0 spiro atoms. The molecule has 0 aliphatic carbocycles. The minimum Gasteiger partial charge on any atom is -0.399 e. The molecule has 0 radical (unpaired) electrons. The smallest absolute Gasteiger partial charge is 0.0320 e. The molecule has 96 valence electrons. The molecule has 0 saturated carbocycles. The van der Waals surface area contributed by atoms with Gasteiger partial charge in [-0.1, -0.05) is 48.0 Å². The van der Waals surface area contributed by atoms with Gasteiger partial charge in [-0.2, -0.15) is 0 Å². The molecule has 0 bridgehead atoms. The molecular weight excluding hydrogens is 232 g/mol. The number of aryl methyl sites for hydroxylation is 1. The lowest BCUT2D eigenvalue weighted by Gasteiger charge is -1.96. The van der Waals surface area contributed by atoms with E-state index in [4.69, 9.17) is 11.5 Å². The Balaban J connectivity index is 0.000000148. The maximum absolute atomic E-state index is 5.62. The number of rotatable bonds is 0. The van der Waals surface area contributed by atoms with Gasteiger partial charge in [0.1, 0.15) is 0 Å². The van der Waals surface area contributed by atoms with Gasteiger partial charge in [0.05, 0.1) is 0 Å². The molecule has 0 atom stereocenters. The second kappa shape index (κ2) is 5.91. The molecule has 0 saturated heterocycles. The number of nitrogens with two attached hydrogens (primary N) is 2. The molecule has 0 aliphatic rings. The fourth-order valence-corrected chi connectivity index (χ4v) is 1.77. The Hall–Kier alpha value is -2.48. The van der Waals surface area contributed by atoms with Crippen molar-refractivity contribution in [3.05, 3.63) is 72.3 Å². The number of anilines is 2. The van der Waals surface area contributed by atoms with E-state index in [0.717, 1.165) is 11.4 Å². The van der Waals surface area contributed by atoms with Gasteiger partial charge in [0, 0.05) is 11.4 Å². The van der Waals surface area contributed by atoms with Crippen LogP contribution in [0.4, 0.5) is 11.4 Å². The van der Waals surface area contributed by atoms with Crippen LogP contribution in [0.5, 0.6) is 0 Å². The van der Waals surface area contributed by atoms with Crippen molar-refractivity contribution in [2.45, 2.75) is 6.92 Å². The Morgan fingerprint density at radius 1 is 0.632 bits per heavy atom. The first-order valence-electron chi connectivity index (χ1n) is 6.21. The zero-order valence-electron chi connectivity index (χ0n) is 11.0. The van der Waals surface area contributed by atoms with Gasteiger partial charge >= 0.3 is 0 Å². The summed E-state index contributed by atoms with van der Waals surface area (Å²) in [6, 6.07) is 21.9. The van der Waals surface area contributed by atoms with Crippen LogP contribution in [-0.4, -0.2) is 0 Å². The Kier molecular flexibility index (Phi) is 4.04. The number of hydrogen-bond donors (Lipinski definition) is 2. The summed E-state index contributed by atoms with van der Waals surface area (Å²) in [6.45, 7) is 2.04. The lowest BCUT2D eigenvalue weighted by atomic mass is 10.1. The van der Waals surface area contributed by atoms with E-state index in [9.17, 15) is 0 Å². The topological polar surface area (TPSA) is 52.0 Å². The van der Waals surface area contributed by atoms with Gasteiger partial charge in [0.15, 0.2) is 0 Å². The van der Waals surface area contributed by atoms with Crippen molar-refractivity contribution >= 4 is 22.1 Å². The zero-order chi connectivity index (χ0) is 13.7. The average Bonchev–Trinajstić information content (AvgIpc) is 2.43. The molecule has 0 aliphatic heterocycles. The van der Waals surface area contributed by atoms with E-state index in [1.165, 1.54) is 16.3 Å². The lowest BCUT2D eigenvalue weighted by molar-refractivity contribution is 1.47. The van der Waals surface area contributed by atoms with Crippen molar-refractivity contribution in [1.29, 1.82) is 0 Å². The summed E-state index contributed by atoms with van der Waals surface area (Å²) in [5.74, 6) is 0. The lowest BCUT2D eigenvalue weighted by Crippen LogP contribution is -1.82. The largest absolute Gasteiger partial charge is 0.399 e. The van der Waals surface area contributed by atoms with Crippen LogP contribution in [0.25, 0.3) is 10.8 Å². The van der Waals surface area contributed by atoms with Crippen LogP contribution in [0.1, 0.15) is 5.56 Å². The van der Waals surface area contributed by atoms with Gasteiger partial charge < -0.3 is 11.5 Å². The predicted molar refractivity (Wildman–Crippen MR) is 84.0 cm³/mol. The highest BCUT2D eigenvalue weighted by molar-refractivity contribution is 5.85. The minimum atomic E-state index is 0.823. The second-order valence-corrected chi connectivity index (χ2v) is 4.52. The van der Waals surface area contributed by atoms with Crippen molar-refractivity contribution in [2.24, 2.45) is 0 Å². The highest BCUT2D eigenvalue weighted by Crippen LogP contribution is 2.15.